The minimum absolute atomic E-state index is 0.318. The molecule has 0 saturated carbocycles. The monoisotopic (exact) mass is 165 g/mol. The van der Waals surface area contributed by atoms with E-state index >= 15 is 0 Å². The minimum atomic E-state index is -1.82. The van der Waals surface area contributed by atoms with Gasteiger partial charge in [0.25, 0.3) is 0 Å². The van der Waals surface area contributed by atoms with Crippen LogP contribution in [0.5, 0.6) is 0 Å². The topological polar surface area (TPSA) is 30.0 Å². The second kappa shape index (κ2) is 3.40. The summed E-state index contributed by atoms with van der Waals surface area (Å²) in [6.45, 7) is 1.81. The van der Waals surface area contributed by atoms with Gasteiger partial charge in [0.05, 0.1) is 23.5 Å². The maximum atomic E-state index is 11.4. The van der Waals surface area contributed by atoms with Gasteiger partial charge in [-0.2, -0.15) is 0 Å². The summed E-state index contributed by atoms with van der Waals surface area (Å²) in [6, 6.07) is 3.28. The van der Waals surface area contributed by atoms with E-state index in [-0.39, 0.29) is 0 Å². The number of nitrogens with zero attached hydrogens (tertiary/aromatic N) is 1. The SMILES string of the molecule is [B]C([B])([B])C(=O)c1ccc(C)nc1. The zero-order valence-corrected chi connectivity index (χ0v) is 7.32. The molecule has 0 atom stereocenters. The lowest BCUT2D eigenvalue weighted by Crippen LogP contribution is -2.25. The molecule has 0 fully saturated rings. The summed E-state index contributed by atoms with van der Waals surface area (Å²) in [7, 11) is 15.7. The Hall–Kier alpha value is -0.985. The van der Waals surface area contributed by atoms with E-state index in [9.17, 15) is 4.79 Å². The van der Waals surface area contributed by atoms with Crippen LogP contribution in [0.4, 0.5) is 0 Å². The van der Waals surface area contributed by atoms with Gasteiger partial charge in [0, 0.05) is 17.5 Å². The lowest BCUT2D eigenvalue weighted by atomic mass is 9.40. The molecule has 1 aromatic heterocycles. The van der Waals surface area contributed by atoms with Crippen LogP contribution in [-0.2, 0) is 0 Å². The van der Waals surface area contributed by atoms with Crippen molar-refractivity contribution < 1.29 is 4.79 Å². The van der Waals surface area contributed by atoms with E-state index in [2.05, 4.69) is 4.98 Å². The lowest BCUT2D eigenvalue weighted by Gasteiger charge is -2.17. The highest BCUT2D eigenvalue weighted by Gasteiger charge is 2.21. The molecular weight excluding hydrogens is 159 g/mol. The van der Waals surface area contributed by atoms with Crippen molar-refractivity contribution in [1.29, 1.82) is 0 Å². The Kier molecular flexibility index (Phi) is 2.64. The van der Waals surface area contributed by atoms with Crippen molar-refractivity contribution in [2.75, 3.05) is 0 Å². The highest BCUT2D eigenvalue weighted by atomic mass is 16.1. The van der Waals surface area contributed by atoms with Gasteiger partial charge in [0.2, 0.25) is 0 Å². The number of aromatic nitrogens is 1. The first-order valence-electron chi connectivity index (χ1n) is 3.75. The summed E-state index contributed by atoms with van der Waals surface area (Å²) in [5.41, 5.74) is 1.13. The molecule has 0 amide bonds. The Morgan fingerprint density at radius 2 is 2.00 bits per heavy atom. The Bertz CT molecular complexity index is 315. The fourth-order valence-electron chi connectivity index (χ4n) is 0.852. The number of pyridine rings is 1. The number of rotatable bonds is 2. The Labute approximate surface area is 81.4 Å². The second-order valence-corrected chi connectivity index (χ2v) is 2.95. The fraction of sp³-hybridized carbons (Fsp3) is 0.250. The van der Waals surface area contributed by atoms with Crippen LogP contribution in [0, 0.1) is 6.92 Å². The van der Waals surface area contributed by atoms with Gasteiger partial charge < -0.3 is 0 Å². The molecule has 13 heavy (non-hydrogen) atoms. The summed E-state index contributed by atoms with van der Waals surface area (Å²) in [6.07, 6.45) is 1.40. The first kappa shape index (κ1) is 10.1. The van der Waals surface area contributed by atoms with Crippen LogP contribution in [0.2, 0.25) is 5.11 Å². The Morgan fingerprint density at radius 1 is 1.38 bits per heavy atom. The number of hydrogen-bond donors (Lipinski definition) is 0. The molecule has 0 bridgehead atoms. The van der Waals surface area contributed by atoms with Gasteiger partial charge in [-0.25, -0.2) is 0 Å². The van der Waals surface area contributed by atoms with Crippen molar-refractivity contribution in [2.45, 2.75) is 12.0 Å². The average molecular weight is 165 g/mol. The van der Waals surface area contributed by atoms with E-state index in [1.54, 1.807) is 12.1 Å². The third kappa shape index (κ3) is 2.48. The number of hydrogen-bond acceptors (Lipinski definition) is 2. The molecule has 1 rings (SSSR count). The quantitative estimate of drug-likeness (QED) is 0.460. The lowest BCUT2D eigenvalue weighted by molar-refractivity contribution is 0.0993. The van der Waals surface area contributed by atoms with Crippen molar-refractivity contribution >= 4 is 29.3 Å². The van der Waals surface area contributed by atoms with Gasteiger partial charge in [0.15, 0.2) is 0 Å². The number of aryl methyl sites for hydroxylation is 1. The van der Waals surface area contributed by atoms with Crippen LogP contribution in [0.1, 0.15) is 16.1 Å². The van der Waals surface area contributed by atoms with Gasteiger partial charge in [-0.15, -0.1) is 0 Å². The molecule has 1 heterocycles. The van der Waals surface area contributed by atoms with Crippen molar-refractivity contribution in [3.63, 3.8) is 0 Å². The van der Waals surface area contributed by atoms with Crippen LogP contribution in [0.25, 0.3) is 0 Å². The standard InChI is InChI=1S/C8H6B3NO/c1-5-2-3-6(4-12-5)7(13)8(9,10)11/h2-4H,1H3. The molecule has 5 heteroatoms. The van der Waals surface area contributed by atoms with E-state index in [1.807, 2.05) is 6.92 Å². The van der Waals surface area contributed by atoms with E-state index < -0.39 is 10.9 Å². The second-order valence-electron chi connectivity index (χ2n) is 2.95. The zero-order valence-electron chi connectivity index (χ0n) is 7.32. The molecular formula is C8H6B3NO. The Balaban J connectivity index is 2.97. The summed E-state index contributed by atoms with van der Waals surface area (Å²) in [5.74, 6) is -0.528. The van der Waals surface area contributed by atoms with Gasteiger partial charge in [-0.1, -0.05) is 5.11 Å². The summed E-state index contributed by atoms with van der Waals surface area (Å²) in [4.78, 5) is 15.3. The van der Waals surface area contributed by atoms with Crippen LogP contribution in [0.3, 0.4) is 0 Å². The number of Topliss-reactive ketones (excluding diaryl/α,β-unsaturated/α-hetero) is 1. The molecule has 6 radical (unpaired) electrons. The largest absolute Gasteiger partial charge is 0.296 e. The number of carbonyl (C=O) groups excluding carboxylic acids is 1. The molecule has 0 aliphatic carbocycles. The van der Waals surface area contributed by atoms with Crippen LogP contribution in [0.15, 0.2) is 18.3 Å². The van der Waals surface area contributed by atoms with Crippen LogP contribution >= 0.6 is 0 Å². The Morgan fingerprint density at radius 3 is 2.38 bits per heavy atom. The predicted octanol–water partition coefficient (Wildman–Crippen LogP) is 0.152. The highest BCUT2D eigenvalue weighted by molar-refractivity contribution is 6.70. The maximum Gasteiger partial charge on any atom is 0.145 e. The van der Waals surface area contributed by atoms with E-state index in [1.165, 1.54) is 6.20 Å². The fourth-order valence-corrected chi connectivity index (χ4v) is 0.852. The summed E-state index contributed by atoms with van der Waals surface area (Å²) < 4.78 is 0. The predicted molar refractivity (Wildman–Crippen MR) is 53.3 cm³/mol. The van der Waals surface area contributed by atoms with E-state index in [0.29, 0.717) is 5.56 Å². The average Bonchev–Trinajstić information content (AvgIpc) is 2.03. The molecule has 0 saturated heterocycles. The summed E-state index contributed by atoms with van der Waals surface area (Å²) >= 11 is 0. The van der Waals surface area contributed by atoms with Crippen molar-refractivity contribution in [1.82, 2.24) is 4.98 Å². The highest BCUT2D eigenvalue weighted by Crippen LogP contribution is 2.16. The molecule has 0 aromatic carbocycles. The number of carbonyl (C=O) groups is 1. The molecule has 0 aliphatic heterocycles. The molecule has 58 valence electrons. The molecule has 0 aliphatic rings. The van der Waals surface area contributed by atoms with Gasteiger partial charge in [-0.3, -0.25) is 9.78 Å². The molecule has 1 aromatic rings. The first-order valence-corrected chi connectivity index (χ1v) is 3.75. The van der Waals surface area contributed by atoms with Crippen molar-refractivity contribution in [3.05, 3.63) is 29.6 Å². The van der Waals surface area contributed by atoms with Gasteiger partial charge in [0.1, 0.15) is 5.78 Å². The molecule has 2 nitrogen and oxygen atoms in total. The van der Waals surface area contributed by atoms with Crippen molar-refractivity contribution in [2.24, 2.45) is 0 Å². The van der Waals surface area contributed by atoms with Crippen LogP contribution in [-0.4, -0.2) is 34.3 Å². The van der Waals surface area contributed by atoms with Crippen LogP contribution < -0.4 is 0 Å². The summed E-state index contributed by atoms with van der Waals surface area (Å²) in [5, 5.41) is -1.82. The third-order valence-electron chi connectivity index (χ3n) is 1.57. The third-order valence-corrected chi connectivity index (χ3v) is 1.57. The molecule has 0 N–H and O–H groups in total. The molecule has 0 unspecified atom stereocenters. The minimum Gasteiger partial charge on any atom is -0.296 e. The van der Waals surface area contributed by atoms with E-state index in [0.717, 1.165) is 5.69 Å². The number of ketones is 1. The van der Waals surface area contributed by atoms with Gasteiger partial charge in [-0.05, 0) is 19.1 Å². The normalized spacial score (nSPS) is 11.2. The molecule has 0 spiro atoms. The maximum absolute atomic E-state index is 11.4. The van der Waals surface area contributed by atoms with E-state index in [4.69, 9.17) is 23.5 Å². The first-order chi connectivity index (χ1) is 5.91. The smallest absolute Gasteiger partial charge is 0.145 e. The zero-order chi connectivity index (χ0) is 10.1. The van der Waals surface area contributed by atoms with Gasteiger partial charge >= 0.3 is 0 Å². The van der Waals surface area contributed by atoms with Crippen molar-refractivity contribution in [3.8, 4) is 0 Å².